The Morgan fingerprint density at radius 2 is 1.73 bits per heavy atom. The predicted molar refractivity (Wildman–Crippen MR) is 222 cm³/mol. The van der Waals surface area contributed by atoms with E-state index in [9.17, 15) is 18.0 Å². The molecule has 3 fully saturated rings. The molecule has 14 heteroatoms. The van der Waals surface area contributed by atoms with Crippen molar-refractivity contribution in [3.8, 4) is 0 Å². The van der Waals surface area contributed by atoms with E-state index in [-0.39, 0.29) is 39.4 Å². The molecule has 3 heterocycles. The third-order valence-electron chi connectivity index (χ3n) is 12.6. The van der Waals surface area contributed by atoms with E-state index >= 15 is 8.78 Å². The summed E-state index contributed by atoms with van der Waals surface area (Å²) in [4.78, 5) is 34.9. The lowest BCUT2D eigenvalue weighted by molar-refractivity contribution is -0.123. The fourth-order valence-corrected chi connectivity index (χ4v) is 11.1. The summed E-state index contributed by atoms with van der Waals surface area (Å²) in [6.45, 7) is 5.80. The number of nitrogens with one attached hydrogen (secondary N) is 1. The maximum absolute atomic E-state index is 15.6. The fourth-order valence-electron chi connectivity index (χ4n) is 9.78. The summed E-state index contributed by atoms with van der Waals surface area (Å²) < 4.78 is 65.1. The maximum atomic E-state index is 15.6. The average Bonchev–Trinajstić information content (AvgIpc) is 3.86. The quantitative estimate of drug-likeness (QED) is 0.150. The van der Waals surface area contributed by atoms with Crippen LogP contribution < -0.4 is 10.2 Å². The number of benzene rings is 3. The zero-order valence-corrected chi connectivity index (χ0v) is 35.0. The molecule has 1 aromatic heterocycles. The first-order valence-corrected chi connectivity index (χ1v) is 21.9. The number of hydrogen-bond acceptors (Lipinski definition) is 8. The number of rotatable bonds is 13. The molecule has 59 heavy (non-hydrogen) atoms. The van der Waals surface area contributed by atoms with Crippen LogP contribution in [0.1, 0.15) is 49.1 Å². The van der Waals surface area contributed by atoms with E-state index in [1.807, 2.05) is 24.1 Å². The minimum atomic E-state index is -3.98. The van der Waals surface area contributed by atoms with Gasteiger partial charge in [0.15, 0.2) is 0 Å². The molecule has 7 rings (SSSR count). The maximum Gasteiger partial charge on any atom is 0.407 e. The minimum absolute atomic E-state index is 0.0250. The van der Waals surface area contributed by atoms with Gasteiger partial charge in [0.25, 0.3) is 0 Å². The van der Waals surface area contributed by atoms with Crippen molar-refractivity contribution in [1.82, 2.24) is 24.7 Å². The average molecular weight is 829 g/mol. The number of carbonyl (C=O) groups excluding carboxylic acids is 2. The van der Waals surface area contributed by atoms with Crippen molar-refractivity contribution in [3.63, 3.8) is 0 Å². The number of carbonyl (C=O) groups is 2. The monoisotopic (exact) mass is 828 g/mol. The largest absolute Gasteiger partial charge is 0.453 e. The number of aromatic nitrogens is 2. The SMILES string of the molecule is COC(=O)N[C@H]1CCC[C@@H]1C(c1cccc(F)c1)(C1CCN(CC2CN(c3ccc(S(=O)(=O)c4cccc(C/C=C/C(=O)N(C)C)c4)cc3F)C2)CC1)n1ccnc1C. The molecule has 1 N–H and O–H groups in total. The Kier molecular flexibility index (Phi) is 12.6. The number of ether oxygens (including phenoxy) is 1. The second-order valence-corrected chi connectivity index (χ2v) is 18.4. The molecule has 2 saturated heterocycles. The van der Waals surface area contributed by atoms with Crippen LogP contribution in [0.2, 0.25) is 0 Å². The van der Waals surface area contributed by atoms with Crippen LogP contribution in [0.25, 0.3) is 0 Å². The molecular weight excluding hydrogens is 775 g/mol. The number of aryl methyl sites for hydroxylation is 1. The molecule has 0 bridgehead atoms. The number of anilines is 1. The number of allylic oxidation sites excluding steroid dienone is 1. The Balaban J connectivity index is 1.01. The summed E-state index contributed by atoms with van der Waals surface area (Å²) in [5.74, 6) is 0.201. The molecule has 1 saturated carbocycles. The van der Waals surface area contributed by atoms with E-state index in [0.717, 1.165) is 74.8 Å². The first-order chi connectivity index (χ1) is 28.3. The number of piperidine rings is 1. The Labute approximate surface area is 346 Å². The molecule has 2 aliphatic heterocycles. The normalized spacial score (nSPS) is 20.3. The number of amides is 2. The molecule has 3 atom stereocenters. The van der Waals surface area contributed by atoms with Crippen molar-refractivity contribution in [1.29, 1.82) is 0 Å². The second-order valence-electron chi connectivity index (χ2n) is 16.4. The van der Waals surface area contributed by atoms with Crippen LogP contribution in [-0.2, 0) is 31.3 Å². The van der Waals surface area contributed by atoms with Gasteiger partial charge in [-0.1, -0.05) is 36.8 Å². The summed E-state index contributed by atoms with van der Waals surface area (Å²) in [5, 5.41) is 3.12. The zero-order valence-electron chi connectivity index (χ0n) is 34.2. The zero-order chi connectivity index (χ0) is 41.9. The van der Waals surface area contributed by atoms with Crippen molar-refractivity contribution in [3.05, 3.63) is 120 Å². The number of alkyl carbamates (subject to hydrolysis) is 1. The summed E-state index contributed by atoms with van der Waals surface area (Å²) >= 11 is 0. The van der Waals surface area contributed by atoms with Crippen molar-refractivity contribution < 1.29 is 31.5 Å². The van der Waals surface area contributed by atoms with E-state index in [1.165, 1.54) is 36.3 Å². The minimum Gasteiger partial charge on any atom is -0.453 e. The molecule has 4 aromatic rings. The Morgan fingerprint density at radius 3 is 2.41 bits per heavy atom. The van der Waals surface area contributed by atoms with E-state index < -0.39 is 27.3 Å². The molecule has 1 unspecified atom stereocenters. The molecule has 0 radical (unpaired) electrons. The number of imidazole rings is 1. The second kappa shape index (κ2) is 17.6. The molecule has 1 aliphatic carbocycles. The highest BCUT2D eigenvalue weighted by molar-refractivity contribution is 7.91. The first kappa shape index (κ1) is 42.1. The van der Waals surface area contributed by atoms with Gasteiger partial charge in [0.2, 0.25) is 15.7 Å². The van der Waals surface area contributed by atoms with Crippen molar-refractivity contribution in [2.45, 2.75) is 66.8 Å². The Hall–Kier alpha value is -5.08. The lowest BCUT2D eigenvalue weighted by atomic mass is 9.64. The van der Waals surface area contributed by atoms with Gasteiger partial charge in [-0.25, -0.2) is 27.0 Å². The summed E-state index contributed by atoms with van der Waals surface area (Å²) in [5.41, 5.74) is 1.32. The van der Waals surface area contributed by atoms with Gasteiger partial charge in [0, 0.05) is 64.0 Å². The lowest BCUT2D eigenvalue weighted by Gasteiger charge is -2.52. The summed E-state index contributed by atoms with van der Waals surface area (Å²) in [6.07, 6.45) is 11.1. The van der Waals surface area contributed by atoms with E-state index in [0.29, 0.717) is 31.1 Å². The highest BCUT2D eigenvalue weighted by atomic mass is 32.2. The van der Waals surface area contributed by atoms with Crippen LogP contribution in [0.5, 0.6) is 0 Å². The van der Waals surface area contributed by atoms with Gasteiger partial charge in [0.1, 0.15) is 17.5 Å². The third-order valence-corrected chi connectivity index (χ3v) is 14.3. The molecule has 2 amide bonds. The fraction of sp³-hybridized carbons (Fsp3) is 0.444. The van der Waals surface area contributed by atoms with Crippen molar-refractivity contribution in [2.24, 2.45) is 17.8 Å². The van der Waals surface area contributed by atoms with Crippen LogP contribution in [0.4, 0.5) is 19.3 Å². The van der Waals surface area contributed by atoms with E-state index in [4.69, 9.17) is 4.74 Å². The Morgan fingerprint density at radius 1 is 0.983 bits per heavy atom. The number of likely N-dealkylation sites (N-methyl/N-ethyl adjacent to an activating group) is 1. The van der Waals surface area contributed by atoms with Crippen LogP contribution in [0, 0.1) is 36.3 Å². The first-order valence-electron chi connectivity index (χ1n) is 20.4. The third kappa shape index (κ3) is 8.65. The lowest BCUT2D eigenvalue weighted by Crippen LogP contribution is -2.58. The standard InChI is InChI=1S/C45H54F2N6O5S/c1-31-48-21-24-53(31)45(35-11-7-12-36(46)26-35,39-14-8-15-41(39)49-44(55)58-4)34-19-22-51(23-20-34)28-33-29-52(30-33)42-18-17-38(27-40(42)47)59(56,57)37-13-5-9-32(25-37)10-6-16-43(54)50(2)3/h5-7,9,11-13,16-18,21,24-27,33-34,39,41H,8,10,14-15,19-20,22-23,28-30H2,1-4H3,(H,49,55)/b16-6+/t39-,41-,45?/m0/s1. The van der Waals surface area contributed by atoms with E-state index in [1.54, 1.807) is 62.8 Å². The van der Waals surface area contributed by atoms with Gasteiger partial charge < -0.3 is 29.3 Å². The smallest absolute Gasteiger partial charge is 0.407 e. The topological polar surface area (TPSA) is 117 Å². The van der Waals surface area contributed by atoms with Gasteiger partial charge in [-0.2, -0.15) is 0 Å². The van der Waals surface area contributed by atoms with E-state index in [2.05, 4.69) is 19.8 Å². The number of likely N-dealkylation sites (tertiary alicyclic amines) is 1. The summed E-state index contributed by atoms with van der Waals surface area (Å²) in [6, 6.07) is 17.4. The predicted octanol–water partition coefficient (Wildman–Crippen LogP) is 6.61. The van der Waals surface area contributed by atoms with Gasteiger partial charge in [-0.3, -0.25) is 4.79 Å². The van der Waals surface area contributed by atoms with Crippen LogP contribution in [0.15, 0.2) is 101 Å². The van der Waals surface area contributed by atoms with Gasteiger partial charge in [-0.15, -0.1) is 0 Å². The highest BCUT2D eigenvalue weighted by Gasteiger charge is 2.54. The number of halogens is 2. The van der Waals surface area contributed by atoms with Crippen LogP contribution in [0.3, 0.4) is 0 Å². The van der Waals surface area contributed by atoms with Gasteiger partial charge in [0.05, 0.1) is 28.1 Å². The van der Waals surface area contributed by atoms with Crippen molar-refractivity contribution in [2.75, 3.05) is 58.8 Å². The highest BCUT2D eigenvalue weighted by Crippen LogP contribution is 2.52. The molecule has 3 aromatic carbocycles. The van der Waals surface area contributed by atoms with Crippen LogP contribution >= 0.6 is 0 Å². The molecule has 11 nitrogen and oxygen atoms in total. The Bertz CT molecular complexity index is 2280. The summed E-state index contributed by atoms with van der Waals surface area (Å²) in [7, 11) is 0.706. The van der Waals surface area contributed by atoms with Gasteiger partial charge in [-0.05, 0) is 118 Å². The number of nitrogens with zero attached hydrogens (tertiary/aromatic N) is 5. The number of sulfone groups is 1. The number of hydrogen-bond donors (Lipinski definition) is 1. The molecular formula is C45H54F2N6O5S. The van der Waals surface area contributed by atoms with Crippen molar-refractivity contribution >= 4 is 27.5 Å². The van der Waals surface area contributed by atoms with Crippen LogP contribution in [-0.4, -0.2) is 99.7 Å². The van der Waals surface area contributed by atoms with Gasteiger partial charge >= 0.3 is 6.09 Å². The molecule has 314 valence electrons. The molecule has 3 aliphatic rings. The molecule has 0 spiro atoms. The number of methoxy groups -OCH3 is 1.